The number of nitrogens with zero attached hydrogens (tertiary/aromatic N) is 1. The van der Waals surface area contributed by atoms with E-state index in [0.717, 1.165) is 45.4 Å². The number of ether oxygens (including phenoxy) is 1. The summed E-state index contributed by atoms with van der Waals surface area (Å²) in [7, 11) is 0. The van der Waals surface area contributed by atoms with Gasteiger partial charge in [-0.25, -0.2) is 0 Å². The van der Waals surface area contributed by atoms with E-state index in [4.69, 9.17) is 4.74 Å². The molecule has 16 heavy (non-hydrogen) atoms. The standard InChI is InChI=1S/C12H22N2O2/c1-2-16-9-10-5-4-8-14(10)12(15)11-6-3-7-13-11/h10-11,13H,2-9H2,1H3/t10?,11-/m0/s1. The first-order valence-electron chi connectivity index (χ1n) is 6.44. The van der Waals surface area contributed by atoms with Crippen molar-refractivity contribution in [2.24, 2.45) is 0 Å². The maximum Gasteiger partial charge on any atom is 0.240 e. The van der Waals surface area contributed by atoms with E-state index in [0.29, 0.717) is 18.6 Å². The highest BCUT2D eigenvalue weighted by atomic mass is 16.5. The smallest absolute Gasteiger partial charge is 0.240 e. The van der Waals surface area contributed by atoms with Gasteiger partial charge in [0.2, 0.25) is 5.91 Å². The molecule has 0 bridgehead atoms. The van der Waals surface area contributed by atoms with Crippen molar-refractivity contribution in [3.8, 4) is 0 Å². The van der Waals surface area contributed by atoms with Gasteiger partial charge in [-0.05, 0) is 39.2 Å². The van der Waals surface area contributed by atoms with E-state index in [-0.39, 0.29) is 6.04 Å². The van der Waals surface area contributed by atoms with E-state index >= 15 is 0 Å². The van der Waals surface area contributed by atoms with Crippen molar-refractivity contribution in [3.05, 3.63) is 0 Å². The Labute approximate surface area is 97.3 Å². The van der Waals surface area contributed by atoms with Gasteiger partial charge < -0.3 is 15.0 Å². The molecule has 0 saturated carbocycles. The van der Waals surface area contributed by atoms with E-state index < -0.39 is 0 Å². The summed E-state index contributed by atoms with van der Waals surface area (Å²) in [4.78, 5) is 14.3. The zero-order valence-corrected chi connectivity index (χ0v) is 10.1. The summed E-state index contributed by atoms with van der Waals surface area (Å²) in [6, 6.07) is 0.386. The van der Waals surface area contributed by atoms with Crippen molar-refractivity contribution in [1.29, 1.82) is 0 Å². The van der Waals surface area contributed by atoms with Crippen LogP contribution < -0.4 is 5.32 Å². The lowest BCUT2D eigenvalue weighted by molar-refractivity contribution is -0.135. The summed E-state index contributed by atoms with van der Waals surface area (Å²) in [6.45, 7) is 5.34. The van der Waals surface area contributed by atoms with Gasteiger partial charge in [0.25, 0.3) is 0 Å². The summed E-state index contributed by atoms with van der Waals surface area (Å²) in [5.41, 5.74) is 0. The largest absolute Gasteiger partial charge is 0.380 e. The van der Waals surface area contributed by atoms with Crippen molar-refractivity contribution in [2.75, 3.05) is 26.3 Å². The Bertz CT molecular complexity index is 239. The van der Waals surface area contributed by atoms with Gasteiger partial charge in [-0.3, -0.25) is 4.79 Å². The van der Waals surface area contributed by atoms with Crippen molar-refractivity contribution in [3.63, 3.8) is 0 Å². The predicted molar refractivity (Wildman–Crippen MR) is 62.3 cm³/mol. The summed E-state index contributed by atoms with van der Waals surface area (Å²) >= 11 is 0. The maximum absolute atomic E-state index is 12.2. The average Bonchev–Trinajstić information content (AvgIpc) is 2.96. The fourth-order valence-electron chi connectivity index (χ4n) is 2.65. The lowest BCUT2D eigenvalue weighted by Crippen LogP contribution is -2.47. The monoisotopic (exact) mass is 226 g/mol. The van der Waals surface area contributed by atoms with E-state index in [1.54, 1.807) is 0 Å². The highest BCUT2D eigenvalue weighted by molar-refractivity contribution is 5.82. The third-order valence-electron chi connectivity index (χ3n) is 3.53. The highest BCUT2D eigenvalue weighted by Gasteiger charge is 2.33. The fourth-order valence-corrected chi connectivity index (χ4v) is 2.65. The summed E-state index contributed by atoms with van der Waals surface area (Å²) < 4.78 is 5.45. The van der Waals surface area contributed by atoms with Gasteiger partial charge >= 0.3 is 0 Å². The zero-order valence-electron chi connectivity index (χ0n) is 10.1. The lowest BCUT2D eigenvalue weighted by Gasteiger charge is -2.27. The Morgan fingerprint density at radius 2 is 2.31 bits per heavy atom. The van der Waals surface area contributed by atoms with Crippen molar-refractivity contribution < 1.29 is 9.53 Å². The molecular formula is C12H22N2O2. The molecule has 1 amide bonds. The van der Waals surface area contributed by atoms with Gasteiger partial charge in [0.15, 0.2) is 0 Å². The Morgan fingerprint density at radius 3 is 3.00 bits per heavy atom. The van der Waals surface area contributed by atoms with E-state index in [2.05, 4.69) is 5.32 Å². The van der Waals surface area contributed by atoms with Crippen LogP contribution in [-0.2, 0) is 9.53 Å². The molecule has 1 unspecified atom stereocenters. The normalized spacial score (nSPS) is 29.9. The molecule has 92 valence electrons. The highest BCUT2D eigenvalue weighted by Crippen LogP contribution is 2.20. The second kappa shape index (κ2) is 5.64. The van der Waals surface area contributed by atoms with Crippen LogP contribution in [0.1, 0.15) is 32.6 Å². The Hall–Kier alpha value is -0.610. The molecule has 4 heteroatoms. The second-order valence-corrected chi connectivity index (χ2v) is 4.64. The quantitative estimate of drug-likeness (QED) is 0.769. The molecule has 0 spiro atoms. The average molecular weight is 226 g/mol. The van der Waals surface area contributed by atoms with Crippen LogP contribution in [0.3, 0.4) is 0 Å². The predicted octanol–water partition coefficient (Wildman–Crippen LogP) is 0.766. The van der Waals surface area contributed by atoms with Gasteiger partial charge in [0, 0.05) is 13.2 Å². The van der Waals surface area contributed by atoms with Gasteiger partial charge in [-0.1, -0.05) is 0 Å². The summed E-state index contributed by atoms with van der Waals surface area (Å²) in [5.74, 6) is 0.291. The molecule has 0 aliphatic carbocycles. The number of amides is 1. The molecule has 0 radical (unpaired) electrons. The van der Waals surface area contributed by atoms with E-state index in [9.17, 15) is 4.79 Å². The third kappa shape index (κ3) is 2.55. The molecular weight excluding hydrogens is 204 g/mol. The molecule has 0 aromatic heterocycles. The van der Waals surface area contributed by atoms with E-state index in [1.807, 2.05) is 11.8 Å². The number of likely N-dealkylation sites (tertiary alicyclic amines) is 1. The van der Waals surface area contributed by atoms with Crippen LogP contribution in [-0.4, -0.2) is 49.2 Å². The first-order chi connectivity index (χ1) is 7.83. The van der Waals surface area contributed by atoms with Crippen LogP contribution in [0.2, 0.25) is 0 Å². The molecule has 1 N–H and O–H groups in total. The van der Waals surface area contributed by atoms with Crippen molar-refractivity contribution in [1.82, 2.24) is 10.2 Å². The first-order valence-corrected chi connectivity index (χ1v) is 6.44. The fraction of sp³-hybridized carbons (Fsp3) is 0.917. The Kier molecular flexibility index (Phi) is 4.18. The van der Waals surface area contributed by atoms with Crippen LogP contribution in [0.15, 0.2) is 0 Å². The van der Waals surface area contributed by atoms with Gasteiger partial charge in [-0.2, -0.15) is 0 Å². The Morgan fingerprint density at radius 1 is 1.44 bits per heavy atom. The molecule has 2 fully saturated rings. The second-order valence-electron chi connectivity index (χ2n) is 4.64. The Balaban J connectivity index is 1.88. The molecule has 2 aliphatic heterocycles. The number of rotatable bonds is 4. The molecule has 2 atom stereocenters. The lowest BCUT2D eigenvalue weighted by atomic mass is 10.2. The van der Waals surface area contributed by atoms with Gasteiger partial charge in [-0.15, -0.1) is 0 Å². The van der Waals surface area contributed by atoms with Crippen molar-refractivity contribution >= 4 is 5.91 Å². The van der Waals surface area contributed by atoms with E-state index in [1.165, 1.54) is 0 Å². The number of nitrogens with one attached hydrogen (secondary N) is 1. The summed E-state index contributed by atoms with van der Waals surface area (Å²) in [6.07, 6.45) is 4.34. The topological polar surface area (TPSA) is 41.6 Å². The van der Waals surface area contributed by atoms with Crippen LogP contribution in [0.4, 0.5) is 0 Å². The molecule has 2 rings (SSSR count). The molecule has 2 aliphatic rings. The third-order valence-corrected chi connectivity index (χ3v) is 3.53. The molecule has 0 aromatic carbocycles. The number of carbonyl (C=O) groups is 1. The molecule has 4 nitrogen and oxygen atoms in total. The number of hydrogen-bond acceptors (Lipinski definition) is 3. The van der Waals surface area contributed by atoms with Gasteiger partial charge in [0.05, 0.1) is 18.7 Å². The number of carbonyl (C=O) groups excluding carboxylic acids is 1. The number of hydrogen-bond donors (Lipinski definition) is 1. The minimum absolute atomic E-state index is 0.0715. The first kappa shape index (κ1) is 11.9. The zero-order chi connectivity index (χ0) is 11.4. The minimum atomic E-state index is 0.0715. The maximum atomic E-state index is 12.2. The van der Waals surface area contributed by atoms with Crippen LogP contribution in [0.25, 0.3) is 0 Å². The molecule has 0 aromatic rings. The van der Waals surface area contributed by atoms with Gasteiger partial charge in [0.1, 0.15) is 0 Å². The summed E-state index contributed by atoms with van der Waals surface area (Å²) in [5, 5.41) is 3.28. The SMILES string of the molecule is CCOCC1CCCN1C(=O)[C@@H]1CCCN1. The van der Waals surface area contributed by atoms with Crippen molar-refractivity contribution in [2.45, 2.75) is 44.7 Å². The molecule has 2 saturated heterocycles. The van der Waals surface area contributed by atoms with Crippen LogP contribution in [0.5, 0.6) is 0 Å². The minimum Gasteiger partial charge on any atom is -0.380 e. The van der Waals surface area contributed by atoms with Crippen LogP contribution >= 0.6 is 0 Å². The molecule has 2 heterocycles. The van der Waals surface area contributed by atoms with Crippen LogP contribution in [0, 0.1) is 0 Å².